The molecule has 1 aromatic rings. The summed E-state index contributed by atoms with van der Waals surface area (Å²) in [6.45, 7) is 0.258. The Kier molecular flexibility index (Phi) is 3.02. The molecule has 20 heavy (non-hydrogen) atoms. The number of imide groups is 1. The highest BCUT2D eigenvalue weighted by molar-refractivity contribution is 6.21. The first-order chi connectivity index (χ1) is 9.56. The summed E-state index contributed by atoms with van der Waals surface area (Å²) < 4.78 is 0. The van der Waals surface area contributed by atoms with Gasteiger partial charge in [-0.2, -0.15) is 0 Å². The van der Waals surface area contributed by atoms with Gasteiger partial charge in [-0.15, -0.1) is 0 Å². The van der Waals surface area contributed by atoms with Crippen molar-refractivity contribution in [2.24, 2.45) is 0 Å². The summed E-state index contributed by atoms with van der Waals surface area (Å²) in [7, 11) is 1.45. The van der Waals surface area contributed by atoms with Crippen LogP contribution in [0.3, 0.4) is 0 Å². The van der Waals surface area contributed by atoms with Crippen molar-refractivity contribution in [1.82, 2.24) is 10.2 Å². The summed E-state index contributed by atoms with van der Waals surface area (Å²) in [5, 5.41) is 5.83. The van der Waals surface area contributed by atoms with E-state index in [1.165, 1.54) is 7.05 Å². The third-order valence-electron chi connectivity index (χ3n) is 3.50. The fraction of sp³-hybridized carbons (Fsp3) is 0.357. The van der Waals surface area contributed by atoms with Gasteiger partial charge in [-0.25, -0.2) is 0 Å². The Morgan fingerprint density at radius 2 is 1.95 bits per heavy atom. The predicted molar refractivity (Wildman–Crippen MR) is 72.5 cm³/mol. The van der Waals surface area contributed by atoms with E-state index in [-0.39, 0.29) is 24.3 Å². The van der Waals surface area contributed by atoms with Gasteiger partial charge in [0, 0.05) is 18.8 Å². The van der Waals surface area contributed by atoms with Crippen molar-refractivity contribution in [1.29, 1.82) is 0 Å². The predicted octanol–water partition coefficient (Wildman–Crippen LogP) is 0.603. The highest BCUT2D eigenvalue weighted by atomic mass is 16.2. The zero-order chi connectivity index (χ0) is 14.3. The van der Waals surface area contributed by atoms with Crippen LogP contribution in [0.2, 0.25) is 0 Å². The first-order valence-corrected chi connectivity index (χ1v) is 6.56. The maximum atomic E-state index is 11.8. The standard InChI is InChI=1S/C14H15N3O3/c1-17-13(19)10-5-4-9(6-11(10)14(17)20)16-12(18)7-15-8-2-3-8/h4-6,8,15H,2-3,7H2,1H3,(H,16,18). The van der Waals surface area contributed by atoms with Gasteiger partial charge in [0.1, 0.15) is 0 Å². The fourth-order valence-electron chi connectivity index (χ4n) is 2.17. The van der Waals surface area contributed by atoms with Gasteiger partial charge in [0.15, 0.2) is 0 Å². The summed E-state index contributed by atoms with van der Waals surface area (Å²) in [5.74, 6) is -0.794. The van der Waals surface area contributed by atoms with Crippen LogP contribution in [0.5, 0.6) is 0 Å². The fourth-order valence-corrected chi connectivity index (χ4v) is 2.17. The molecule has 6 heteroatoms. The minimum absolute atomic E-state index is 0.151. The van der Waals surface area contributed by atoms with Gasteiger partial charge in [-0.3, -0.25) is 19.3 Å². The molecule has 2 N–H and O–H groups in total. The lowest BCUT2D eigenvalue weighted by Crippen LogP contribution is -2.29. The Hall–Kier alpha value is -2.21. The van der Waals surface area contributed by atoms with Crippen LogP contribution in [0.15, 0.2) is 18.2 Å². The average molecular weight is 273 g/mol. The molecule has 0 atom stereocenters. The van der Waals surface area contributed by atoms with Gasteiger partial charge in [0.05, 0.1) is 17.7 Å². The lowest BCUT2D eigenvalue weighted by atomic mass is 10.1. The molecule has 1 saturated carbocycles. The lowest BCUT2D eigenvalue weighted by Gasteiger charge is -2.06. The molecule has 1 aliphatic carbocycles. The number of hydrogen-bond acceptors (Lipinski definition) is 4. The first kappa shape index (κ1) is 12.8. The summed E-state index contributed by atoms with van der Waals surface area (Å²) in [4.78, 5) is 36.4. The minimum atomic E-state index is -0.336. The van der Waals surface area contributed by atoms with Gasteiger partial charge in [0.2, 0.25) is 5.91 Å². The second kappa shape index (κ2) is 4.72. The quantitative estimate of drug-likeness (QED) is 0.788. The van der Waals surface area contributed by atoms with Gasteiger partial charge in [-0.1, -0.05) is 0 Å². The molecule has 2 aliphatic rings. The molecule has 6 nitrogen and oxygen atoms in total. The number of nitrogens with one attached hydrogen (secondary N) is 2. The van der Waals surface area contributed by atoms with Crippen molar-refractivity contribution in [3.63, 3.8) is 0 Å². The van der Waals surface area contributed by atoms with E-state index in [1.54, 1.807) is 18.2 Å². The molecule has 1 heterocycles. The number of nitrogens with zero attached hydrogens (tertiary/aromatic N) is 1. The molecular formula is C14H15N3O3. The highest BCUT2D eigenvalue weighted by Crippen LogP contribution is 2.24. The molecule has 0 aromatic heterocycles. The maximum absolute atomic E-state index is 11.8. The van der Waals surface area contributed by atoms with Gasteiger partial charge in [0.25, 0.3) is 11.8 Å². The molecule has 1 fully saturated rings. The Balaban J connectivity index is 1.71. The second-order valence-electron chi connectivity index (χ2n) is 5.13. The molecule has 1 aromatic carbocycles. The summed E-state index contributed by atoms with van der Waals surface area (Å²) in [5.41, 5.74) is 1.25. The van der Waals surface area contributed by atoms with Crippen LogP contribution >= 0.6 is 0 Å². The van der Waals surface area contributed by atoms with Crippen LogP contribution in [-0.4, -0.2) is 42.3 Å². The van der Waals surface area contributed by atoms with E-state index in [9.17, 15) is 14.4 Å². The van der Waals surface area contributed by atoms with Crippen molar-refractivity contribution < 1.29 is 14.4 Å². The number of carbonyl (C=O) groups is 3. The van der Waals surface area contributed by atoms with E-state index < -0.39 is 0 Å². The maximum Gasteiger partial charge on any atom is 0.261 e. The first-order valence-electron chi connectivity index (χ1n) is 6.56. The smallest absolute Gasteiger partial charge is 0.261 e. The van der Waals surface area contributed by atoms with Gasteiger partial charge in [-0.05, 0) is 31.0 Å². The number of carbonyl (C=O) groups excluding carboxylic acids is 3. The molecule has 0 radical (unpaired) electrons. The van der Waals surface area contributed by atoms with E-state index in [0.29, 0.717) is 22.9 Å². The molecule has 3 amide bonds. The van der Waals surface area contributed by atoms with Crippen molar-refractivity contribution in [3.05, 3.63) is 29.3 Å². The molecule has 104 valence electrons. The summed E-state index contributed by atoms with van der Waals surface area (Å²) in [6, 6.07) is 5.23. The van der Waals surface area contributed by atoms with E-state index in [2.05, 4.69) is 10.6 Å². The van der Waals surface area contributed by atoms with Crippen LogP contribution < -0.4 is 10.6 Å². The SMILES string of the molecule is CN1C(=O)c2ccc(NC(=O)CNC3CC3)cc2C1=O. The monoisotopic (exact) mass is 273 g/mol. The van der Waals surface area contributed by atoms with E-state index in [4.69, 9.17) is 0 Å². The lowest BCUT2D eigenvalue weighted by molar-refractivity contribution is -0.115. The second-order valence-corrected chi connectivity index (χ2v) is 5.13. The van der Waals surface area contributed by atoms with E-state index in [1.807, 2.05) is 0 Å². The largest absolute Gasteiger partial charge is 0.325 e. The number of fused-ring (bicyclic) bond motifs is 1. The van der Waals surface area contributed by atoms with Crippen molar-refractivity contribution in [2.75, 3.05) is 18.9 Å². The zero-order valence-electron chi connectivity index (χ0n) is 11.1. The van der Waals surface area contributed by atoms with Crippen molar-refractivity contribution in [2.45, 2.75) is 18.9 Å². The summed E-state index contributed by atoms with van der Waals surface area (Å²) in [6.07, 6.45) is 2.24. The van der Waals surface area contributed by atoms with E-state index >= 15 is 0 Å². The third-order valence-corrected chi connectivity index (χ3v) is 3.50. The van der Waals surface area contributed by atoms with Gasteiger partial charge >= 0.3 is 0 Å². The van der Waals surface area contributed by atoms with Crippen LogP contribution in [0.1, 0.15) is 33.6 Å². The van der Waals surface area contributed by atoms with Gasteiger partial charge < -0.3 is 10.6 Å². The molecule has 0 saturated heterocycles. The Labute approximate surface area is 116 Å². The molecule has 0 bridgehead atoms. The van der Waals surface area contributed by atoms with Crippen LogP contribution in [0.4, 0.5) is 5.69 Å². The Bertz CT molecular complexity index is 608. The molecule has 3 rings (SSSR count). The summed E-state index contributed by atoms with van der Waals surface area (Å²) >= 11 is 0. The topological polar surface area (TPSA) is 78.5 Å². The average Bonchev–Trinajstić information content (AvgIpc) is 3.23. The van der Waals surface area contributed by atoms with Crippen LogP contribution in [0.25, 0.3) is 0 Å². The number of hydrogen-bond donors (Lipinski definition) is 2. The molecule has 0 spiro atoms. The van der Waals surface area contributed by atoms with Crippen molar-refractivity contribution in [3.8, 4) is 0 Å². The number of benzene rings is 1. The van der Waals surface area contributed by atoms with Crippen LogP contribution in [0, 0.1) is 0 Å². The van der Waals surface area contributed by atoms with E-state index in [0.717, 1.165) is 17.7 Å². The normalized spacial score (nSPS) is 17.4. The number of amides is 3. The van der Waals surface area contributed by atoms with Crippen LogP contribution in [-0.2, 0) is 4.79 Å². The molecule has 1 aliphatic heterocycles. The molecule has 0 unspecified atom stereocenters. The number of rotatable bonds is 4. The molecular weight excluding hydrogens is 258 g/mol. The Morgan fingerprint density at radius 1 is 1.25 bits per heavy atom. The Morgan fingerprint density at radius 3 is 2.65 bits per heavy atom. The van der Waals surface area contributed by atoms with Crippen molar-refractivity contribution >= 4 is 23.4 Å². The number of anilines is 1. The third kappa shape index (κ3) is 2.30. The zero-order valence-corrected chi connectivity index (χ0v) is 11.1. The minimum Gasteiger partial charge on any atom is -0.325 e. The highest BCUT2D eigenvalue weighted by Gasteiger charge is 2.32.